The summed E-state index contributed by atoms with van der Waals surface area (Å²) < 4.78 is 0. The minimum Gasteiger partial charge on any atom is -0.478 e. The average Bonchev–Trinajstić information content (AvgIpc) is 3.04. The number of anilines is 1. The molecule has 21 heavy (non-hydrogen) atoms. The van der Waals surface area contributed by atoms with Crippen molar-refractivity contribution in [2.45, 2.75) is 49.5 Å². The maximum Gasteiger partial charge on any atom is 0.335 e. The Morgan fingerprint density at radius 2 is 1.95 bits per heavy atom. The van der Waals surface area contributed by atoms with Gasteiger partial charge in [0.1, 0.15) is 0 Å². The first kappa shape index (κ1) is 13.1. The lowest BCUT2D eigenvalue weighted by molar-refractivity contribution is 0.0696. The van der Waals surface area contributed by atoms with E-state index in [9.17, 15) is 9.90 Å². The van der Waals surface area contributed by atoms with Gasteiger partial charge in [-0.3, -0.25) is 0 Å². The largest absolute Gasteiger partial charge is 0.478 e. The van der Waals surface area contributed by atoms with Crippen molar-refractivity contribution in [3.63, 3.8) is 0 Å². The predicted molar refractivity (Wildman–Crippen MR) is 82.0 cm³/mol. The molecule has 4 nitrogen and oxygen atoms in total. The average molecular weight is 286 g/mol. The van der Waals surface area contributed by atoms with Gasteiger partial charge in [0.15, 0.2) is 0 Å². The van der Waals surface area contributed by atoms with Gasteiger partial charge in [0.25, 0.3) is 0 Å². The van der Waals surface area contributed by atoms with E-state index in [0.29, 0.717) is 5.56 Å². The Balaban J connectivity index is 1.84. The van der Waals surface area contributed by atoms with Crippen molar-refractivity contribution >= 4 is 11.7 Å². The van der Waals surface area contributed by atoms with E-state index in [1.807, 2.05) is 12.1 Å². The molecule has 4 heteroatoms. The zero-order valence-corrected chi connectivity index (χ0v) is 12.2. The summed E-state index contributed by atoms with van der Waals surface area (Å²) in [5.74, 6) is -0.830. The van der Waals surface area contributed by atoms with Gasteiger partial charge < -0.3 is 15.7 Å². The third-order valence-electron chi connectivity index (χ3n) is 6.00. The summed E-state index contributed by atoms with van der Waals surface area (Å²) >= 11 is 0. The molecule has 1 aliphatic carbocycles. The molecule has 0 amide bonds. The van der Waals surface area contributed by atoms with E-state index in [2.05, 4.69) is 10.6 Å². The topological polar surface area (TPSA) is 61.4 Å². The van der Waals surface area contributed by atoms with E-state index in [0.717, 1.165) is 25.2 Å². The number of aromatic carboxylic acids is 1. The second-order valence-corrected chi connectivity index (χ2v) is 6.82. The molecule has 1 aromatic carbocycles. The predicted octanol–water partition coefficient (Wildman–Crippen LogP) is 2.74. The van der Waals surface area contributed by atoms with Crippen molar-refractivity contribution in [2.75, 3.05) is 18.4 Å². The van der Waals surface area contributed by atoms with Crippen LogP contribution in [0.15, 0.2) is 18.2 Å². The first-order chi connectivity index (χ1) is 10.2. The van der Waals surface area contributed by atoms with Gasteiger partial charge in [-0.15, -0.1) is 0 Å². The van der Waals surface area contributed by atoms with Gasteiger partial charge in [0.2, 0.25) is 0 Å². The fourth-order valence-corrected chi connectivity index (χ4v) is 4.95. The lowest BCUT2D eigenvalue weighted by atomic mass is 9.61. The van der Waals surface area contributed by atoms with Crippen LogP contribution in [-0.4, -0.2) is 29.7 Å². The van der Waals surface area contributed by atoms with E-state index >= 15 is 0 Å². The Kier molecular flexibility index (Phi) is 2.80. The minimum absolute atomic E-state index is 0.0776. The molecule has 0 bridgehead atoms. The van der Waals surface area contributed by atoms with E-state index in [4.69, 9.17) is 0 Å². The van der Waals surface area contributed by atoms with Crippen LogP contribution in [0.2, 0.25) is 0 Å². The molecule has 2 heterocycles. The molecule has 0 aromatic heterocycles. The Morgan fingerprint density at radius 1 is 1.14 bits per heavy atom. The molecule has 1 unspecified atom stereocenters. The standard InChI is InChI=1S/C17H22N2O2/c20-15(21)12-4-5-14-13(10-12)16(11-18-14)8-9-19-17(16)6-2-1-3-7-17/h4-5,10,18-19H,1-3,6-9,11H2,(H,20,21). The zero-order chi connectivity index (χ0) is 14.5. The van der Waals surface area contributed by atoms with Crippen molar-refractivity contribution in [1.29, 1.82) is 0 Å². The second-order valence-electron chi connectivity index (χ2n) is 6.82. The molecule has 2 aliphatic heterocycles. The fraction of sp³-hybridized carbons (Fsp3) is 0.588. The number of hydrogen-bond donors (Lipinski definition) is 3. The number of carboxylic acids is 1. The number of benzene rings is 1. The fourth-order valence-electron chi connectivity index (χ4n) is 4.95. The first-order valence-electron chi connectivity index (χ1n) is 8.04. The molecular weight excluding hydrogens is 264 g/mol. The van der Waals surface area contributed by atoms with Crippen molar-refractivity contribution in [3.8, 4) is 0 Å². The molecule has 1 atom stereocenters. The number of hydrogen-bond acceptors (Lipinski definition) is 3. The van der Waals surface area contributed by atoms with Crippen LogP contribution in [0.3, 0.4) is 0 Å². The monoisotopic (exact) mass is 286 g/mol. The maximum absolute atomic E-state index is 11.3. The van der Waals surface area contributed by atoms with Gasteiger partial charge in [-0.2, -0.15) is 0 Å². The van der Waals surface area contributed by atoms with E-state index in [1.54, 1.807) is 6.07 Å². The molecular formula is C17H22N2O2. The quantitative estimate of drug-likeness (QED) is 0.743. The number of fused-ring (bicyclic) bond motifs is 3. The molecule has 112 valence electrons. The Bertz CT molecular complexity index is 592. The Hall–Kier alpha value is -1.55. The molecule has 3 N–H and O–H groups in total. The minimum atomic E-state index is -0.830. The van der Waals surface area contributed by atoms with E-state index in [1.165, 1.54) is 37.7 Å². The zero-order valence-electron chi connectivity index (χ0n) is 12.2. The van der Waals surface area contributed by atoms with Crippen LogP contribution in [-0.2, 0) is 5.41 Å². The van der Waals surface area contributed by atoms with Gasteiger partial charge in [0.05, 0.1) is 5.56 Å². The summed E-state index contributed by atoms with van der Waals surface area (Å²) in [6.45, 7) is 1.98. The highest BCUT2D eigenvalue weighted by atomic mass is 16.4. The molecule has 1 saturated heterocycles. The van der Waals surface area contributed by atoms with Crippen LogP contribution in [0.25, 0.3) is 0 Å². The van der Waals surface area contributed by atoms with Gasteiger partial charge >= 0.3 is 5.97 Å². The van der Waals surface area contributed by atoms with Gasteiger partial charge in [0, 0.05) is 23.2 Å². The van der Waals surface area contributed by atoms with Crippen LogP contribution in [0.1, 0.15) is 54.4 Å². The third kappa shape index (κ3) is 1.68. The number of rotatable bonds is 1. The third-order valence-corrected chi connectivity index (χ3v) is 6.00. The lowest BCUT2D eigenvalue weighted by Crippen LogP contribution is -2.56. The molecule has 2 fully saturated rings. The van der Waals surface area contributed by atoms with E-state index in [-0.39, 0.29) is 11.0 Å². The van der Waals surface area contributed by atoms with Crippen LogP contribution in [0.4, 0.5) is 5.69 Å². The summed E-state index contributed by atoms with van der Waals surface area (Å²) in [5, 5.41) is 16.7. The van der Waals surface area contributed by atoms with Crippen molar-refractivity contribution < 1.29 is 9.90 Å². The highest BCUT2D eigenvalue weighted by Crippen LogP contribution is 2.54. The summed E-state index contributed by atoms with van der Waals surface area (Å²) in [6, 6.07) is 5.58. The number of carbonyl (C=O) groups is 1. The van der Waals surface area contributed by atoms with Crippen LogP contribution < -0.4 is 10.6 Å². The van der Waals surface area contributed by atoms with Gasteiger partial charge in [-0.1, -0.05) is 19.3 Å². The van der Waals surface area contributed by atoms with Crippen LogP contribution in [0, 0.1) is 0 Å². The summed E-state index contributed by atoms with van der Waals surface area (Å²) in [5.41, 5.74) is 3.02. The van der Waals surface area contributed by atoms with Crippen LogP contribution in [0.5, 0.6) is 0 Å². The lowest BCUT2D eigenvalue weighted by Gasteiger charge is -2.46. The smallest absolute Gasteiger partial charge is 0.335 e. The van der Waals surface area contributed by atoms with E-state index < -0.39 is 5.97 Å². The Labute approximate surface area is 124 Å². The summed E-state index contributed by atoms with van der Waals surface area (Å²) in [4.78, 5) is 11.3. The Morgan fingerprint density at radius 3 is 2.71 bits per heavy atom. The number of carboxylic acid groups (broad SMARTS) is 1. The second kappa shape index (κ2) is 4.47. The van der Waals surface area contributed by atoms with Gasteiger partial charge in [-0.25, -0.2) is 4.79 Å². The molecule has 3 aliphatic rings. The molecule has 2 spiro atoms. The molecule has 0 radical (unpaired) electrons. The van der Waals surface area contributed by atoms with Crippen molar-refractivity contribution in [2.24, 2.45) is 0 Å². The highest BCUT2D eigenvalue weighted by molar-refractivity contribution is 5.89. The summed E-state index contributed by atoms with van der Waals surface area (Å²) in [6.07, 6.45) is 7.42. The molecule has 4 rings (SSSR count). The number of nitrogens with one attached hydrogen (secondary N) is 2. The normalized spacial score (nSPS) is 29.5. The molecule has 1 aromatic rings. The molecule has 1 saturated carbocycles. The van der Waals surface area contributed by atoms with Crippen molar-refractivity contribution in [1.82, 2.24) is 5.32 Å². The first-order valence-corrected chi connectivity index (χ1v) is 8.04. The maximum atomic E-state index is 11.3. The van der Waals surface area contributed by atoms with Crippen LogP contribution >= 0.6 is 0 Å². The summed E-state index contributed by atoms with van der Waals surface area (Å²) in [7, 11) is 0. The van der Waals surface area contributed by atoms with Gasteiger partial charge in [-0.05, 0) is 49.6 Å². The van der Waals surface area contributed by atoms with Crippen molar-refractivity contribution in [3.05, 3.63) is 29.3 Å². The highest BCUT2D eigenvalue weighted by Gasteiger charge is 2.58. The SMILES string of the molecule is O=C(O)c1ccc2c(c1)C1(CCNC13CCCCC3)CN2.